The summed E-state index contributed by atoms with van der Waals surface area (Å²) in [6.45, 7) is 15.9. The average Bonchev–Trinajstić information content (AvgIpc) is 2.13. The van der Waals surface area contributed by atoms with Crippen molar-refractivity contribution in [3.05, 3.63) is 0 Å². The Labute approximate surface area is 112 Å². The van der Waals surface area contributed by atoms with E-state index in [1.54, 1.807) is 0 Å². The van der Waals surface area contributed by atoms with Gasteiger partial charge in [-0.3, -0.25) is 9.59 Å². The molecule has 106 valence electrons. The summed E-state index contributed by atoms with van der Waals surface area (Å²) in [6.07, 6.45) is 0. The molecule has 1 N–H and O–H groups in total. The highest BCUT2D eigenvalue weighted by molar-refractivity contribution is 5.87. The number of carbonyl (C=O) groups excluding carboxylic acids is 2. The normalized spacial score (nSPS) is 14.5. The zero-order chi connectivity index (χ0) is 14.7. The number of hydrogen-bond donors (Lipinski definition) is 1. The quantitative estimate of drug-likeness (QED) is 0.839. The van der Waals surface area contributed by atoms with Crippen LogP contribution in [0.15, 0.2) is 0 Å². The Bertz CT molecular complexity index is 305. The largest absolute Gasteiger partial charge is 0.355 e. The van der Waals surface area contributed by atoms with Gasteiger partial charge in [0.15, 0.2) is 0 Å². The van der Waals surface area contributed by atoms with E-state index in [2.05, 4.69) is 5.32 Å². The predicted molar refractivity (Wildman–Crippen MR) is 75.3 cm³/mol. The predicted octanol–water partition coefficient (Wildman–Crippen LogP) is 3.04. The van der Waals surface area contributed by atoms with Gasteiger partial charge in [0.2, 0.25) is 5.91 Å². The standard InChI is InChI=1S/C15H29NO2/c1-10(2)11(12(17)14(3,4)5)9-16-13(18)15(6,7)8/h10-11H,9H2,1-8H3,(H,16,18)/t11-/m0/s1. The van der Waals surface area contributed by atoms with Gasteiger partial charge in [0, 0.05) is 23.3 Å². The van der Waals surface area contributed by atoms with Crippen LogP contribution in [0.3, 0.4) is 0 Å². The van der Waals surface area contributed by atoms with E-state index in [-0.39, 0.29) is 28.9 Å². The van der Waals surface area contributed by atoms with Crippen molar-refractivity contribution in [2.45, 2.75) is 55.4 Å². The third-order valence-electron chi connectivity index (χ3n) is 3.04. The fourth-order valence-corrected chi connectivity index (χ4v) is 1.66. The van der Waals surface area contributed by atoms with Crippen LogP contribution in [0, 0.1) is 22.7 Å². The van der Waals surface area contributed by atoms with Crippen molar-refractivity contribution in [2.75, 3.05) is 6.54 Å². The van der Waals surface area contributed by atoms with Crippen molar-refractivity contribution in [3.63, 3.8) is 0 Å². The van der Waals surface area contributed by atoms with Crippen LogP contribution in [0.1, 0.15) is 55.4 Å². The summed E-state index contributed by atoms with van der Waals surface area (Å²) in [6, 6.07) is 0. The van der Waals surface area contributed by atoms with Crippen LogP contribution in [0.4, 0.5) is 0 Å². The molecular formula is C15H29NO2. The average molecular weight is 255 g/mol. The third-order valence-corrected chi connectivity index (χ3v) is 3.04. The molecule has 0 unspecified atom stereocenters. The minimum Gasteiger partial charge on any atom is -0.355 e. The van der Waals surface area contributed by atoms with Crippen LogP contribution in [0.2, 0.25) is 0 Å². The van der Waals surface area contributed by atoms with Gasteiger partial charge in [0.05, 0.1) is 0 Å². The molecule has 0 heterocycles. The number of carbonyl (C=O) groups is 2. The topological polar surface area (TPSA) is 46.2 Å². The van der Waals surface area contributed by atoms with Crippen LogP contribution >= 0.6 is 0 Å². The van der Waals surface area contributed by atoms with E-state index in [4.69, 9.17) is 0 Å². The summed E-state index contributed by atoms with van der Waals surface area (Å²) in [7, 11) is 0. The zero-order valence-electron chi connectivity index (χ0n) is 13.2. The van der Waals surface area contributed by atoms with E-state index >= 15 is 0 Å². The second-order valence-corrected chi connectivity index (χ2v) is 7.42. The van der Waals surface area contributed by atoms with Crippen molar-refractivity contribution in [2.24, 2.45) is 22.7 Å². The fourth-order valence-electron chi connectivity index (χ4n) is 1.66. The van der Waals surface area contributed by atoms with Gasteiger partial charge in [-0.05, 0) is 5.92 Å². The van der Waals surface area contributed by atoms with Crippen molar-refractivity contribution < 1.29 is 9.59 Å². The van der Waals surface area contributed by atoms with Gasteiger partial charge in [-0.15, -0.1) is 0 Å². The Morgan fingerprint density at radius 1 is 0.944 bits per heavy atom. The molecule has 1 amide bonds. The lowest BCUT2D eigenvalue weighted by Crippen LogP contribution is -2.43. The molecule has 0 spiro atoms. The van der Waals surface area contributed by atoms with E-state index in [9.17, 15) is 9.59 Å². The Morgan fingerprint density at radius 2 is 1.39 bits per heavy atom. The summed E-state index contributed by atoms with van der Waals surface area (Å²) in [4.78, 5) is 24.2. The second kappa shape index (κ2) is 5.85. The minimum atomic E-state index is -0.410. The van der Waals surface area contributed by atoms with E-state index in [0.29, 0.717) is 6.54 Å². The Morgan fingerprint density at radius 3 is 1.67 bits per heavy atom. The van der Waals surface area contributed by atoms with Crippen molar-refractivity contribution in [1.29, 1.82) is 0 Å². The van der Waals surface area contributed by atoms with Gasteiger partial charge < -0.3 is 5.32 Å². The van der Waals surface area contributed by atoms with Crippen LogP contribution < -0.4 is 5.32 Å². The first-order valence-electron chi connectivity index (χ1n) is 6.70. The molecule has 0 saturated carbocycles. The molecule has 0 aliphatic rings. The summed E-state index contributed by atoms with van der Waals surface area (Å²) in [5.74, 6) is 0.329. The maximum atomic E-state index is 12.3. The molecule has 18 heavy (non-hydrogen) atoms. The van der Waals surface area contributed by atoms with Crippen molar-refractivity contribution in [3.8, 4) is 0 Å². The second-order valence-electron chi connectivity index (χ2n) is 7.42. The summed E-state index contributed by atoms with van der Waals surface area (Å²) >= 11 is 0. The van der Waals surface area contributed by atoms with E-state index in [1.807, 2.05) is 55.4 Å². The van der Waals surface area contributed by atoms with Crippen LogP contribution in [0.25, 0.3) is 0 Å². The highest BCUT2D eigenvalue weighted by Gasteiger charge is 2.32. The van der Waals surface area contributed by atoms with Crippen LogP contribution in [-0.2, 0) is 9.59 Å². The first kappa shape index (κ1) is 17.1. The maximum absolute atomic E-state index is 12.3. The molecule has 0 aromatic heterocycles. The zero-order valence-corrected chi connectivity index (χ0v) is 13.2. The van der Waals surface area contributed by atoms with Gasteiger partial charge in [-0.1, -0.05) is 55.4 Å². The van der Waals surface area contributed by atoms with Gasteiger partial charge in [-0.2, -0.15) is 0 Å². The number of ketones is 1. The first-order chi connectivity index (χ1) is 7.87. The number of rotatable bonds is 4. The molecular weight excluding hydrogens is 226 g/mol. The molecule has 3 heteroatoms. The summed E-state index contributed by atoms with van der Waals surface area (Å²) in [5, 5.41) is 2.90. The van der Waals surface area contributed by atoms with Gasteiger partial charge in [0.25, 0.3) is 0 Å². The highest BCUT2D eigenvalue weighted by Crippen LogP contribution is 2.25. The molecule has 0 radical (unpaired) electrons. The lowest BCUT2D eigenvalue weighted by molar-refractivity contribution is -0.133. The van der Waals surface area contributed by atoms with E-state index < -0.39 is 5.41 Å². The number of hydrogen-bond acceptors (Lipinski definition) is 2. The monoisotopic (exact) mass is 255 g/mol. The number of amides is 1. The molecule has 0 fully saturated rings. The van der Waals surface area contributed by atoms with Gasteiger partial charge >= 0.3 is 0 Å². The maximum Gasteiger partial charge on any atom is 0.225 e. The Kier molecular flexibility index (Phi) is 5.57. The minimum absolute atomic E-state index is 0.00476. The smallest absolute Gasteiger partial charge is 0.225 e. The molecule has 0 aromatic rings. The summed E-state index contributed by atoms with van der Waals surface area (Å²) < 4.78 is 0. The molecule has 0 bridgehead atoms. The molecule has 0 aliphatic heterocycles. The molecule has 0 rings (SSSR count). The van der Waals surface area contributed by atoms with Crippen LogP contribution in [-0.4, -0.2) is 18.2 Å². The fraction of sp³-hybridized carbons (Fsp3) is 0.867. The highest BCUT2D eigenvalue weighted by atomic mass is 16.2. The SMILES string of the molecule is CC(C)[C@H](CNC(=O)C(C)(C)C)C(=O)C(C)(C)C. The first-order valence-corrected chi connectivity index (χ1v) is 6.70. The molecule has 0 aromatic carbocycles. The Balaban J connectivity index is 4.69. The van der Waals surface area contributed by atoms with E-state index in [0.717, 1.165) is 0 Å². The van der Waals surface area contributed by atoms with Crippen LogP contribution in [0.5, 0.6) is 0 Å². The van der Waals surface area contributed by atoms with E-state index in [1.165, 1.54) is 0 Å². The Hall–Kier alpha value is -0.860. The molecule has 0 aliphatic carbocycles. The molecule has 0 saturated heterocycles. The van der Waals surface area contributed by atoms with Crippen molar-refractivity contribution >= 4 is 11.7 Å². The lowest BCUT2D eigenvalue weighted by atomic mass is 9.78. The van der Waals surface area contributed by atoms with Gasteiger partial charge in [-0.25, -0.2) is 0 Å². The van der Waals surface area contributed by atoms with Gasteiger partial charge in [0.1, 0.15) is 5.78 Å². The number of nitrogens with one attached hydrogen (secondary N) is 1. The number of Topliss-reactive ketones (excluding diaryl/α,β-unsaturated/α-hetero) is 1. The van der Waals surface area contributed by atoms with Crippen molar-refractivity contribution in [1.82, 2.24) is 5.32 Å². The lowest BCUT2D eigenvalue weighted by Gasteiger charge is -2.28. The molecule has 1 atom stereocenters. The summed E-state index contributed by atoms with van der Waals surface area (Å²) in [5.41, 5.74) is -0.770. The third kappa shape index (κ3) is 5.19. The molecule has 3 nitrogen and oxygen atoms in total.